The van der Waals surface area contributed by atoms with Gasteiger partial charge in [0, 0.05) is 6.04 Å². The molecule has 3 aromatic rings. The summed E-state index contributed by atoms with van der Waals surface area (Å²) in [6, 6.07) is 16.8. The number of nitrogens with one attached hydrogen (secondary N) is 1. The normalized spacial score (nSPS) is 18.1. The molecule has 160 valence electrons. The Bertz CT molecular complexity index is 1000. The van der Waals surface area contributed by atoms with Gasteiger partial charge in [0.15, 0.2) is 0 Å². The van der Waals surface area contributed by atoms with Crippen LogP contribution in [0, 0.1) is 0 Å². The summed E-state index contributed by atoms with van der Waals surface area (Å²) in [5, 5.41) is 3.14. The molecule has 1 aliphatic carbocycles. The molecule has 1 aliphatic rings. The van der Waals surface area contributed by atoms with Gasteiger partial charge in [-0.25, -0.2) is 0 Å². The third kappa shape index (κ3) is 5.51. The first-order chi connectivity index (χ1) is 15.2. The van der Waals surface area contributed by atoms with E-state index in [2.05, 4.69) is 15.3 Å². The molecule has 7 nitrogen and oxygen atoms in total. The molecule has 1 fully saturated rings. The van der Waals surface area contributed by atoms with E-state index in [1.807, 2.05) is 48.5 Å². The molecular weight excluding hydrogens is 394 g/mol. The number of carbonyl (C=O) groups is 1. The van der Waals surface area contributed by atoms with Crippen molar-refractivity contribution in [3.63, 3.8) is 0 Å². The fourth-order valence-electron chi connectivity index (χ4n) is 3.60. The van der Waals surface area contributed by atoms with E-state index < -0.39 is 0 Å². The molecule has 0 spiro atoms. The molecule has 0 saturated heterocycles. The molecule has 0 radical (unpaired) electrons. The third-order valence-corrected chi connectivity index (χ3v) is 5.20. The van der Waals surface area contributed by atoms with E-state index in [1.54, 1.807) is 25.6 Å². The van der Waals surface area contributed by atoms with Gasteiger partial charge in [-0.2, -0.15) is 4.98 Å². The van der Waals surface area contributed by atoms with Crippen LogP contribution in [0.1, 0.15) is 36.0 Å². The van der Waals surface area contributed by atoms with Gasteiger partial charge in [-0.15, -0.1) is 0 Å². The molecule has 31 heavy (non-hydrogen) atoms. The zero-order chi connectivity index (χ0) is 21.5. The van der Waals surface area contributed by atoms with Crippen molar-refractivity contribution in [2.75, 3.05) is 7.11 Å². The highest BCUT2D eigenvalue weighted by atomic mass is 16.5. The first-order valence-corrected chi connectivity index (χ1v) is 10.4. The van der Waals surface area contributed by atoms with Crippen molar-refractivity contribution in [3.05, 3.63) is 72.6 Å². The fourth-order valence-corrected chi connectivity index (χ4v) is 3.60. The van der Waals surface area contributed by atoms with E-state index in [-0.39, 0.29) is 18.1 Å². The molecule has 0 bridgehead atoms. The lowest BCUT2D eigenvalue weighted by Crippen LogP contribution is -2.39. The molecular formula is C24H25N3O4. The predicted molar refractivity (Wildman–Crippen MR) is 116 cm³/mol. The van der Waals surface area contributed by atoms with Gasteiger partial charge in [0.1, 0.15) is 17.6 Å². The maximum Gasteiger partial charge on any atom is 0.255 e. The van der Waals surface area contributed by atoms with Crippen LogP contribution in [-0.2, 0) is 0 Å². The number of para-hydroxylation sites is 2. The van der Waals surface area contributed by atoms with Gasteiger partial charge in [-0.1, -0.05) is 30.3 Å². The van der Waals surface area contributed by atoms with E-state index >= 15 is 0 Å². The maximum atomic E-state index is 12.9. The first kappa shape index (κ1) is 20.7. The summed E-state index contributed by atoms with van der Waals surface area (Å²) in [7, 11) is 1.55. The summed E-state index contributed by atoms with van der Waals surface area (Å²) in [6.07, 6.45) is 6.48. The minimum Gasteiger partial charge on any atom is -0.480 e. The van der Waals surface area contributed by atoms with Crippen molar-refractivity contribution in [1.82, 2.24) is 15.3 Å². The number of ether oxygens (including phenoxy) is 3. The summed E-state index contributed by atoms with van der Waals surface area (Å²) >= 11 is 0. The molecule has 7 heteroatoms. The highest BCUT2D eigenvalue weighted by molar-refractivity contribution is 5.97. The second-order valence-corrected chi connectivity index (χ2v) is 7.38. The Morgan fingerprint density at radius 1 is 0.935 bits per heavy atom. The van der Waals surface area contributed by atoms with E-state index in [1.165, 1.54) is 0 Å². The van der Waals surface area contributed by atoms with Gasteiger partial charge in [-0.05, 0) is 49.9 Å². The number of rotatable bonds is 7. The van der Waals surface area contributed by atoms with Crippen LogP contribution >= 0.6 is 0 Å². The minimum atomic E-state index is -0.130. The highest BCUT2D eigenvalue weighted by Crippen LogP contribution is 2.27. The average molecular weight is 419 g/mol. The number of hydrogen-bond donors (Lipinski definition) is 1. The quantitative estimate of drug-likeness (QED) is 0.611. The van der Waals surface area contributed by atoms with Gasteiger partial charge in [0.2, 0.25) is 11.8 Å². The molecule has 1 saturated carbocycles. The number of benzene rings is 2. The number of methoxy groups -OCH3 is 1. The standard InChI is InChI=1S/C24H25N3O4/c1-29-22-15-25-16-23(27-22)31-19-13-11-17(12-14-19)26-24(28)20-9-5-6-10-21(20)30-18-7-3-2-4-8-18/h2-10,15-17,19H,11-14H2,1H3,(H,26,28). The molecule has 2 aromatic carbocycles. The van der Waals surface area contributed by atoms with Crippen LogP contribution in [0.3, 0.4) is 0 Å². The summed E-state index contributed by atoms with van der Waals surface area (Å²) in [5.74, 6) is 1.99. The van der Waals surface area contributed by atoms with Crippen LogP contribution in [-0.4, -0.2) is 35.1 Å². The molecule has 0 atom stereocenters. The van der Waals surface area contributed by atoms with E-state index in [4.69, 9.17) is 14.2 Å². The zero-order valence-corrected chi connectivity index (χ0v) is 17.4. The van der Waals surface area contributed by atoms with Crippen molar-refractivity contribution in [1.29, 1.82) is 0 Å². The van der Waals surface area contributed by atoms with Crippen LogP contribution in [0.25, 0.3) is 0 Å². The Morgan fingerprint density at radius 3 is 2.42 bits per heavy atom. The van der Waals surface area contributed by atoms with Gasteiger partial charge in [0.25, 0.3) is 5.91 Å². The Morgan fingerprint density at radius 2 is 1.65 bits per heavy atom. The summed E-state index contributed by atoms with van der Waals surface area (Å²) in [4.78, 5) is 21.2. The number of carbonyl (C=O) groups excluding carboxylic acids is 1. The molecule has 4 rings (SSSR count). The number of nitrogens with zero attached hydrogens (tertiary/aromatic N) is 2. The Kier molecular flexibility index (Phi) is 6.62. The fraction of sp³-hybridized carbons (Fsp3) is 0.292. The van der Waals surface area contributed by atoms with E-state index in [9.17, 15) is 4.79 Å². The number of aromatic nitrogens is 2. The summed E-state index contributed by atoms with van der Waals surface area (Å²) < 4.78 is 16.9. The third-order valence-electron chi connectivity index (χ3n) is 5.20. The van der Waals surface area contributed by atoms with Crippen LogP contribution in [0.5, 0.6) is 23.3 Å². The molecule has 1 heterocycles. The Balaban J connectivity index is 1.32. The van der Waals surface area contributed by atoms with Crippen LogP contribution in [0.4, 0.5) is 0 Å². The van der Waals surface area contributed by atoms with Gasteiger partial charge >= 0.3 is 0 Å². The Hall–Kier alpha value is -3.61. The monoisotopic (exact) mass is 419 g/mol. The largest absolute Gasteiger partial charge is 0.480 e. The molecule has 1 amide bonds. The lowest BCUT2D eigenvalue weighted by Gasteiger charge is -2.29. The van der Waals surface area contributed by atoms with Gasteiger partial charge < -0.3 is 19.5 Å². The SMILES string of the molecule is COc1cncc(OC2CCC(NC(=O)c3ccccc3Oc3ccccc3)CC2)n1. The Labute approximate surface area is 181 Å². The van der Waals surface area contributed by atoms with Crippen molar-refractivity contribution >= 4 is 5.91 Å². The van der Waals surface area contributed by atoms with Crippen molar-refractivity contribution in [2.24, 2.45) is 0 Å². The smallest absolute Gasteiger partial charge is 0.255 e. The average Bonchev–Trinajstić information content (AvgIpc) is 2.81. The second kappa shape index (κ2) is 9.93. The summed E-state index contributed by atoms with van der Waals surface area (Å²) in [5.41, 5.74) is 0.524. The highest BCUT2D eigenvalue weighted by Gasteiger charge is 2.25. The van der Waals surface area contributed by atoms with Crippen molar-refractivity contribution in [3.8, 4) is 23.3 Å². The lowest BCUT2D eigenvalue weighted by molar-refractivity contribution is 0.0887. The first-order valence-electron chi connectivity index (χ1n) is 10.4. The molecule has 0 aliphatic heterocycles. The molecule has 0 unspecified atom stereocenters. The second-order valence-electron chi connectivity index (χ2n) is 7.38. The predicted octanol–water partition coefficient (Wildman–Crippen LogP) is 4.40. The minimum absolute atomic E-state index is 0.0447. The molecule has 1 aromatic heterocycles. The summed E-state index contributed by atoms with van der Waals surface area (Å²) in [6.45, 7) is 0. The van der Waals surface area contributed by atoms with Gasteiger partial charge in [0.05, 0.1) is 25.1 Å². The van der Waals surface area contributed by atoms with E-state index in [0.717, 1.165) is 25.7 Å². The topological polar surface area (TPSA) is 82.6 Å². The van der Waals surface area contributed by atoms with Crippen LogP contribution in [0.15, 0.2) is 67.0 Å². The van der Waals surface area contributed by atoms with Crippen molar-refractivity contribution < 1.29 is 19.0 Å². The molecule has 1 N–H and O–H groups in total. The zero-order valence-electron chi connectivity index (χ0n) is 17.4. The number of amides is 1. The van der Waals surface area contributed by atoms with Gasteiger partial charge in [-0.3, -0.25) is 9.78 Å². The number of hydrogen-bond acceptors (Lipinski definition) is 6. The van der Waals surface area contributed by atoms with Crippen molar-refractivity contribution in [2.45, 2.75) is 37.8 Å². The van der Waals surface area contributed by atoms with Crippen LogP contribution < -0.4 is 19.5 Å². The lowest BCUT2D eigenvalue weighted by atomic mass is 9.92. The van der Waals surface area contributed by atoms with Crippen LogP contribution in [0.2, 0.25) is 0 Å². The maximum absolute atomic E-state index is 12.9. The van der Waals surface area contributed by atoms with E-state index in [0.29, 0.717) is 28.8 Å².